The van der Waals surface area contributed by atoms with Gasteiger partial charge in [0, 0.05) is 13.0 Å². The number of amides is 1. The van der Waals surface area contributed by atoms with Gasteiger partial charge in [-0.25, -0.2) is 9.97 Å². The first-order chi connectivity index (χ1) is 8.92. The maximum Gasteiger partial charge on any atom is 0.274 e. The molecule has 4 N–H and O–H groups in total. The maximum absolute atomic E-state index is 12.3. The van der Waals surface area contributed by atoms with Crippen LogP contribution in [0, 0.1) is 0 Å². The lowest BCUT2D eigenvalue weighted by atomic mass is 10.2. The molecule has 0 fully saturated rings. The number of carbonyl (C=O) groups excluding carboxylic acids is 1. The summed E-state index contributed by atoms with van der Waals surface area (Å²) in [4.78, 5) is 22.1. The lowest BCUT2D eigenvalue weighted by Crippen LogP contribution is -2.38. The van der Waals surface area contributed by atoms with Crippen LogP contribution in [0.3, 0.4) is 0 Å². The van der Waals surface area contributed by atoms with E-state index in [0.29, 0.717) is 11.5 Å². The molecule has 0 bridgehead atoms. The molecule has 7 nitrogen and oxygen atoms in total. The number of nitrogens with zero attached hydrogens (tertiary/aromatic N) is 3. The van der Waals surface area contributed by atoms with Crippen LogP contribution in [-0.4, -0.2) is 45.6 Å². The fourth-order valence-corrected chi connectivity index (χ4v) is 1.43. The van der Waals surface area contributed by atoms with Crippen molar-refractivity contribution in [3.8, 4) is 0 Å². The van der Waals surface area contributed by atoms with E-state index in [1.54, 1.807) is 14.0 Å². The maximum atomic E-state index is 12.3. The van der Waals surface area contributed by atoms with Crippen LogP contribution in [0.1, 0.15) is 43.0 Å². The zero-order valence-corrected chi connectivity index (χ0v) is 11.7. The van der Waals surface area contributed by atoms with Gasteiger partial charge in [-0.2, -0.15) is 0 Å². The Kier molecular flexibility index (Phi) is 5.20. The molecule has 7 heteroatoms. The number of nitrogens with one attached hydrogen (secondary N) is 1. The van der Waals surface area contributed by atoms with Gasteiger partial charge in [-0.15, -0.1) is 0 Å². The Morgan fingerprint density at radius 3 is 2.63 bits per heavy atom. The Morgan fingerprint density at radius 1 is 1.53 bits per heavy atom. The number of hydrogen-bond donors (Lipinski definition) is 3. The molecule has 0 radical (unpaired) electrons. The second-order valence-corrected chi connectivity index (χ2v) is 4.74. The molecule has 106 valence electrons. The highest BCUT2D eigenvalue weighted by atomic mass is 16.3. The van der Waals surface area contributed by atoms with Crippen LogP contribution >= 0.6 is 0 Å². The number of carbonyl (C=O) groups is 1. The average molecular weight is 267 g/mol. The minimum absolute atomic E-state index is 0.110. The lowest BCUT2D eigenvalue weighted by molar-refractivity contribution is 0.0677. The third-order valence-electron chi connectivity index (χ3n) is 2.93. The molecule has 1 atom stereocenters. The third-order valence-corrected chi connectivity index (χ3v) is 2.93. The Balaban J connectivity index is 3.16. The van der Waals surface area contributed by atoms with Crippen molar-refractivity contribution in [2.75, 3.05) is 19.1 Å². The van der Waals surface area contributed by atoms with Gasteiger partial charge >= 0.3 is 0 Å². The molecule has 0 saturated carbocycles. The van der Waals surface area contributed by atoms with E-state index in [-0.39, 0.29) is 30.2 Å². The number of aromatic nitrogens is 2. The third kappa shape index (κ3) is 3.39. The standard InChI is InChI=1S/C12H21N5O2/c1-7(2)11-14-5-9(16-13)10(15-11)12(19)17(4)8(3)6-18/h5,7-8,16,18H,6,13H2,1-4H3. The predicted octanol–water partition coefficient (Wildman–Crippen LogP) is 0.338. The smallest absolute Gasteiger partial charge is 0.274 e. The SMILES string of the molecule is CC(C)c1ncc(NN)c(C(=O)N(C)C(C)CO)n1. The summed E-state index contributed by atoms with van der Waals surface area (Å²) in [5.41, 5.74) is 3.00. The van der Waals surface area contributed by atoms with Crippen molar-refractivity contribution in [1.29, 1.82) is 0 Å². The van der Waals surface area contributed by atoms with Crippen molar-refractivity contribution in [1.82, 2.24) is 14.9 Å². The van der Waals surface area contributed by atoms with E-state index in [1.807, 2.05) is 13.8 Å². The van der Waals surface area contributed by atoms with Crippen LogP contribution in [0.5, 0.6) is 0 Å². The summed E-state index contributed by atoms with van der Waals surface area (Å²) in [5, 5.41) is 9.10. The molecule has 0 aliphatic carbocycles. The number of nitrogen functional groups attached to an aromatic ring is 1. The van der Waals surface area contributed by atoms with Crippen LogP contribution in [0.2, 0.25) is 0 Å². The Hall–Kier alpha value is -1.73. The van der Waals surface area contributed by atoms with Gasteiger partial charge in [-0.3, -0.25) is 10.6 Å². The summed E-state index contributed by atoms with van der Waals surface area (Å²) in [7, 11) is 1.61. The highest BCUT2D eigenvalue weighted by Crippen LogP contribution is 2.17. The summed E-state index contributed by atoms with van der Waals surface area (Å²) >= 11 is 0. The zero-order valence-electron chi connectivity index (χ0n) is 11.7. The van der Waals surface area contributed by atoms with E-state index in [9.17, 15) is 4.79 Å². The Morgan fingerprint density at radius 2 is 2.16 bits per heavy atom. The normalized spacial score (nSPS) is 12.4. The first kappa shape index (κ1) is 15.3. The largest absolute Gasteiger partial charge is 0.394 e. The molecule has 19 heavy (non-hydrogen) atoms. The number of aliphatic hydroxyl groups excluding tert-OH is 1. The summed E-state index contributed by atoms with van der Waals surface area (Å²) in [6, 6.07) is -0.296. The molecule has 0 saturated heterocycles. The van der Waals surface area contributed by atoms with E-state index in [2.05, 4.69) is 15.4 Å². The summed E-state index contributed by atoms with van der Waals surface area (Å²) in [6.07, 6.45) is 1.49. The molecule has 1 aromatic heterocycles. The van der Waals surface area contributed by atoms with Gasteiger partial charge in [0.1, 0.15) is 5.82 Å². The van der Waals surface area contributed by atoms with Gasteiger partial charge in [0.05, 0.1) is 24.5 Å². The van der Waals surface area contributed by atoms with Crippen molar-refractivity contribution in [3.63, 3.8) is 0 Å². The summed E-state index contributed by atoms with van der Waals surface area (Å²) < 4.78 is 0. The van der Waals surface area contributed by atoms with Crippen molar-refractivity contribution >= 4 is 11.6 Å². The topological polar surface area (TPSA) is 104 Å². The highest BCUT2D eigenvalue weighted by molar-refractivity contribution is 5.97. The molecule has 1 rings (SSSR count). The molecule has 0 spiro atoms. The number of anilines is 1. The highest BCUT2D eigenvalue weighted by Gasteiger charge is 2.22. The molecule has 0 aromatic carbocycles. The van der Waals surface area contributed by atoms with Gasteiger partial charge in [0.15, 0.2) is 5.69 Å². The van der Waals surface area contributed by atoms with Crippen molar-refractivity contribution in [2.45, 2.75) is 32.7 Å². The first-order valence-electron chi connectivity index (χ1n) is 6.13. The van der Waals surface area contributed by atoms with Crippen LogP contribution < -0.4 is 11.3 Å². The Bertz CT molecular complexity index is 450. The van der Waals surface area contributed by atoms with E-state index < -0.39 is 0 Å². The van der Waals surface area contributed by atoms with Gasteiger partial charge in [0.2, 0.25) is 0 Å². The summed E-state index contributed by atoms with van der Waals surface area (Å²) in [6.45, 7) is 5.52. The molecule has 1 unspecified atom stereocenters. The van der Waals surface area contributed by atoms with Gasteiger partial charge in [-0.05, 0) is 6.92 Å². The van der Waals surface area contributed by atoms with Crippen LogP contribution in [0.25, 0.3) is 0 Å². The predicted molar refractivity (Wildman–Crippen MR) is 72.6 cm³/mol. The minimum Gasteiger partial charge on any atom is -0.394 e. The van der Waals surface area contributed by atoms with Crippen molar-refractivity contribution in [3.05, 3.63) is 17.7 Å². The number of hydrogen-bond acceptors (Lipinski definition) is 6. The van der Waals surface area contributed by atoms with E-state index in [0.717, 1.165) is 0 Å². The second kappa shape index (κ2) is 6.44. The average Bonchev–Trinajstić information content (AvgIpc) is 2.43. The number of rotatable bonds is 5. The van der Waals surface area contributed by atoms with Gasteiger partial charge in [0.25, 0.3) is 5.91 Å². The van der Waals surface area contributed by atoms with Gasteiger partial charge in [-0.1, -0.05) is 13.8 Å². The van der Waals surface area contributed by atoms with E-state index in [1.165, 1.54) is 11.1 Å². The quantitative estimate of drug-likeness (QED) is 0.525. The van der Waals surface area contributed by atoms with Crippen LogP contribution in [-0.2, 0) is 0 Å². The summed E-state index contributed by atoms with van der Waals surface area (Å²) in [5.74, 6) is 5.75. The molecule has 1 heterocycles. The van der Waals surface area contributed by atoms with Crippen LogP contribution in [0.15, 0.2) is 6.20 Å². The lowest BCUT2D eigenvalue weighted by Gasteiger charge is -2.23. The monoisotopic (exact) mass is 267 g/mol. The fourth-order valence-electron chi connectivity index (χ4n) is 1.43. The first-order valence-corrected chi connectivity index (χ1v) is 6.13. The fraction of sp³-hybridized carbons (Fsp3) is 0.583. The number of hydrazine groups is 1. The minimum atomic E-state index is -0.307. The van der Waals surface area contributed by atoms with Crippen molar-refractivity contribution in [2.24, 2.45) is 5.84 Å². The van der Waals surface area contributed by atoms with Crippen molar-refractivity contribution < 1.29 is 9.90 Å². The van der Waals surface area contributed by atoms with Gasteiger partial charge < -0.3 is 15.4 Å². The molecular formula is C12H21N5O2. The zero-order chi connectivity index (χ0) is 14.6. The van der Waals surface area contributed by atoms with E-state index in [4.69, 9.17) is 10.9 Å². The molecule has 0 aliphatic rings. The molecular weight excluding hydrogens is 246 g/mol. The Labute approximate surface area is 112 Å². The number of nitrogens with two attached hydrogens (primary N) is 1. The molecule has 0 aliphatic heterocycles. The second-order valence-electron chi connectivity index (χ2n) is 4.74. The van der Waals surface area contributed by atoms with E-state index >= 15 is 0 Å². The number of likely N-dealkylation sites (N-methyl/N-ethyl adjacent to an activating group) is 1. The molecule has 1 amide bonds. The van der Waals surface area contributed by atoms with Crippen LogP contribution in [0.4, 0.5) is 5.69 Å². The number of aliphatic hydroxyl groups is 1. The molecule has 1 aromatic rings.